The molecule has 0 radical (unpaired) electrons. The van der Waals surface area contributed by atoms with Crippen LogP contribution in [-0.2, 0) is 5.41 Å². The number of fused-ring (bicyclic) bond motifs is 5. The number of halogens is 1. The first-order chi connectivity index (χ1) is 11.4. The van der Waals surface area contributed by atoms with Gasteiger partial charge in [-0.05, 0) is 37.6 Å². The fraction of sp³-hybridized carbons (Fsp3) is 0.381. The van der Waals surface area contributed by atoms with Crippen LogP contribution in [0.15, 0.2) is 47.6 Å². The molecule has 2 aliphatic rings. The highest BCUT2D eigenvalue weighted by molar-refractivity contribution is 6.22. The van der Waals surface area contributed by atoms with Crippen LogP contribution in [-0.4, -0.2) is 17.1 Å². The number of nitrogens with zero attached hydrogens (tertiary/aromatic N) is 1. The zero-order valence-electron chi connectivity index (χ0n) is 14.5. The van der Waals surface area contributed by atoms with Gasteiger partial charge >= 0.3 is 0 Å². The van der Waals surface area contributed by atoms with Crippen LogP contribution in [0, 0.1) is 11.3 Å². The standard InChI is InChI=1S/C21H23ClN2/c1-6-21(4)15(22)11-13-17(19(21)23-5)16-12-9-7-8-10-14(12)24-18(16)20(13,2)3/h6-10,13,15,24H,1,5,11H2,2-4H3. The van der Waals surface area contributed by atoms with E-state index in [0.717, 1.165) is 12.1 Å². The minimum atomic E-state index is -0.356. The first-order valence-electron chi connectivity index (χ1n) is 8.46. The van der Waals surface area contributed by atoms with Crippen molar-refractivity contribution in [1.29, 1.82) is 0 Å². The summed E-state index contributed by atoms with van der Waals surface area (Å²) in [5.41, 5.74) is 5.72. The van der Waals surface area contributed by atoms with Crippen LogP contribution >= 0.6 is 11.6 Å². The third-order valence-corrected chi connectivity index (χ3v) is 6.91. The van der Waals surface area contributed by atoms with Crippen molar-refractivity contribution in [3.63, 3.8) is 0 Å². The smallest absolute Gasteiger partial charge is 0.0549 e. The summed E-state index contributed by atoms with van der Waals surface area (Å²) in [6.07, 6.45) is 2.86. The van der Waals surface area contributed by atoms with Gasteiger partial charge in [-0.3, -0.25) is 4.99 Å². The maximum absolute atomic E-state index is 6.82. The maximum Gasteiger partial charge on any atom is 0.0549 e. The topological polar surface area (TPSA) is 28.1 Å². The molecule has 4 rings (SSSR count). The van der Waals surface area contributed by atoms with Gasteiger partial charge in [-0.2, -0.15) is 0 Å². The van der Waals surface area contributed by atoms with Gasteiger partial charge in [0.05, 0.1) is 5.70 Å². The molecule has 2 aliphatic carbocycles. The number of hydrogen-bond acceptors (Lipinski definition) is 1. The Morgan fingerprint density at radius 3 is 2.67 bits per heavy atom. The molecule has 0 bridgehead atoms. The molecule has 0 saturated carbocycles. The van der Waals surface area contributed by atoms with Crippen LogP contribution in [0.5, 0.6) is 0 Å². The van der Waals surface area contributed by atoms with E-state index in [1.54, 1.807) is 0 Å². The lowest BCUT2D eigenvalue weighted by Gasteiger charge is -2.42. The zero-order chi connectivity index (χ0) is 17.3. The number of H-pyrrole nitrogens is 1. The van der Waals surface area contributed by atoms with E-state index in [9.17, 15) is 0 Å². The number of allylic oxidation sites excluding steroid dienone is 2. The molecule has 2 nitrogen and oxygen atoms in total. The summed E-state index contributed by atoms with van der Waals surface area (Å²) >= 11 is 6.82. The van der Waals surface area contributed by atoms with Gasteiger partial charge in [-0.25, -0.2) is 0 Å². The fourth-order valence-corrected chi connectivity index (χ4v) is 5.05. The number of nitrogens with one attached hydrogen (secondary N) is 1. The Kier molecular flexibility index (Phi) is 3.18. The van der Waals surface area contributed by atoms with E-state index >= 15 is 0 Å². The van der Waals surface area contributed by atoms with Crippen molar-refractivity contribution in [1.82, 2.24) is 4.98 Å². The van der Waals surface area contributed by atoms with E-state index in [0.29, 0.717) is 5.92 Å². The van der Waals surface area contributed by atoms with Crippen molar-refractivity contribution in [3.8, 4) is 0 Å². The zero-order valence-corrected chi connectivity index (χ0v) is 15.2. The molecule has 0 fully saturated rings. The molecule has 3 heteroatoms. The largest absolute Gasteiger partial charge is 0.357 e. The summed E-state index contributed by atoms with van der Waals surface area (Å²) < 4.78 is 0. The number of rotatable bonds is 2. The normalized spacial score (nSPS) is 31.0. The average molecular weight is 339 g/mol. The molecule has 1 heterocycles. The summed E-state index contributed by atoms with van der Waals surface area (Å²) in [5, 5.41) is 1.23. The van der Waals surface area contributed by atoms with Gasteiger partial charge in [-0.15, -0.1) is 18.2 Å². The van der Waals surface area contributed by atoms with Gasteiger partial charge < -0.3 is 4.98 Å². The third kappa shape index (κ3) is 1.70. The molecular formula is C21H23ClN2. The number of hydrogen-bond donors (Lipinski definition) is 1. The van der Waals surface area contributed by atoms with Crippen molar-refractivity contribution >= 4 is 34.8 Å². The van der Waals surface area contributed by atoms with E-state index < -0.39 is 0 Å². The molecule has 1 aromatic heterocycles. The van der Waals surface area contributed by atoms with E-state index in [2.05, 4.69) is 68.3 Å². The Balaban J connectivity index is 2.14. The number of para-hydroxylation sites is 1. The molecule has 0 amide bonds. The van der Waals surface area contributed by atoms with Gasteiger partial charge in [-0.1, -0.05) is 38.1 Å². The highest BCUT2D eigenvalue weighted by atomic mass is 35.5. The van der Waals surface area contributed by atoms with Crippen LogP contribution in [0.3, 0.4) is 0 Å². The Hall–Kier alpha value is -1.80. The van der Waals surface area contributed by atoms with Gasteiger partial charge in [0.2, 0.25) is 0 Å². The van der Waals surface area contributed by atoms with E-state index in [1.165, 1.54) is 27.7 Å². The molecule has 0 aliphatic heterocycles. The van der Waals surface area contributed by atoms with Gasteiger partial charge in [0.15, 0.2) is 0 Å². The van der Waals surface area contributed by atoms with Crippen molar-refractivity contribution in [2.45, 2.75) is 38.0 Å². The Morgan fingerprint density at radius 1 is 1.29 bits per heavy atom. The lowest BCUT2D eigenvalue weighted by Crippen LogP contribution is -2.39. The second kappa shape index (κ2) is 4.86. The fourth-order valence-electron chi connectivity index (χ4n) is 4.68. The summed E-state index contributed by atoms with van der Waals surface area (Å²) in [7, 11) is 0. The Labute approximate surface area is 148 Å². The van der Waals surface area contributed by atoms with Crippen molar-refractivity contribution in [2.75, 3.05) is 0 Å². The first kappa shape index (κ1) is 15.7. The highest BCUT2D eigenvalue weighted by Gasteiger charge is 2.53. The van der Waals surface area contributed by atoms with Crippen LogP contribution in [0.4, 0.5) is 0 Å². The minimum Gasteiger partial charge on any atom is -0.357 e. The quantitative estimate of drug-likeness (QED) is 0.414. The van der Waals surface area contributed by atoms with Crippen LogP contribution in [0.25, 0.3) is 16.5 Å². The molecule has 0 spiro atoms. The molecule has 3 unspecified atom stereocenters. The minimum absolute atomic E-state index is 0.00470. The molecule has 24 heavy (non-hydrogen) atoms. The molecule has 0 saturated heterocycles. The average Bonchev–Trinajstić information content (AvgIpc) is 3.04. The van der Waals surface area contributed by atoms with E-state index in [-0.39, 0.29) is 16.2 Å². The number of alkyl halides is 1. The van der Waals surface area contributed by atoms with E-state index in [4.69, 9.17) is 11.6 Å². The van der Waals surface area contributed by atoms with Gasteiger partial charge in [0.1, 0.15) is 0 Å². The van der Waals surface area contributed by atoms with Crippen LogP contribution in [0.1, 0.15) is 38.4 Å². The van der Waals surface area contributed by atoms with Gasteiger partial charge in [0.25, 0.3) is 0 Å². The highest BCUT2D eigenvalue weighted by Crippen LogP contribution is 2.61. The predicted octanol–water partition coefficient (Wildman–Crippen LogP) is 5.69. The first-order valence-corrected chi connectivity index (χ1v) is 8.90. The van der Waals surface area contributed by atoms with Crippen molar-refractivity contribution in [2.24, 2.45) is 16.3 Å². The number of aliphatic imine (C=N–C) groups is 1. The number of aromatic amines is 1. The monoisotopic (exact) mass is 338 g/mol. The molecule has 3 atom stereocenters. The van der Waals surface area contributed by atoms with E-state index in [1.807, 2.05) is 6.08 Å². The maximum atomic E-state index is 6.82. The molecule has 1 N–H and O–H groups in total. The lowest BCUT2D eigenvalue weighted by molar-refractivity contribution is 0.315. The molecule has 2 aromatic rings. The summed E-state index contributed by atoms with van der Waals surface area (Å²) in [5.74, 6) is 0.347. The SMILES string of the molecule is C=CC1(C)C(N=C)=C2c3c([nH]c4ccccc34)C(C)(C)C2CC1Cl. The van der Waals surface area contributed by atoms with Crippen molar-refractivity contribution in [3.05, 3.63) is 53.9 Å². The Morgan fingerprint density at radius 2 is 2.00 bits per heavy atom. The lowest BCUT2D eigenvalue weighted by atomic mass is 9.65. The predicted molar refractivity (Wildman–Crippen MR) is 104 cm³/mol. The van der Waals surface area contributed by atoms with Crippen LogP contribution in [0.2, 0.25) is 0 Å². The third-order valence-electron chi connectivity index (χ3n) is 6.28. The van der Waals surface area contributed by atoms with Crippen molar-refractivity contribution < 1.29 is 0 Å². The summed E-state index contributed by atoms with van der Waals surface area (Å²) in [4.78, 5) is 8.14. The van der Waals surface area contributed by atoms with Gasteiger partial charge in [0, 0.05) is 38.4 Å². The molecule has 124 valence electrons. The van der Waals surface area contributed by atoms with Crippen LogP contribution < -0.4 is 0 Å². The Bertz CT molecular complexity index is 902. The number of benzene rings is 1. The summed E-state index contributed by atoms with van der Waals surface area (Å²) in [6.45, 7) is 14.7. The summed E-state index contributed by atoms with van der Waals surface area (Å²) in [6, 6.07) is 8.50. The molecule has 1 aromatic carbocycles. The second-order valence-corrected chi connectivity index (χ2v) is 8.33. The number of aromatic nitrogens is 1. The molecular weight excluding hydrogens is 316 g/mol. The second-order valence-electron chi connectivity index (χ2n) is 7.81.